The summed E-state index contributed by atoms with van der Waals surface area (Å²) in [7, 11) is 1.73. The van der Waals surface area contributed by atoms with E-state index in [1.807, 2.05) is 13.8 Å². The van der Waals surface area contributed by atoms with Crippen LogP contribution in [0, 0.1) is 0 Å². The summed E-state index contributed by atoms with van der Waals surface area (Å²) in [6, 6.07) is 6.71. The molecule has 0 saturated heterocycles. The molecule has 116 valence electrons. The van der Waals surface area contributed by atoms with Gasteiger partial charge in [0.1, 0.15) is 0 Å². The highest BCUT2D eigenvalue weighted by Crippen LogP contribution is 2.17. The van der Waals surface area contributed by atoms with Crippen molar-refractivity contribution in [3.63, 3.8) is 0 Å². The highest BCUT2D eigenvalue weighted by atomic mass is 16.2. The zero-order valence-corrected chi connectivity index (χ0v) is 13.0. The van der Waals surface area contributed by atoms with Gasteiger partial charge in [0.2, 0.25) is 11.8 Å². The molecule has 0 saturated carbocycles. The second-order valence-corrected chi connectivity index (χ2v) is 5.39. The Balaban J connectivity index is 2.57. The summed E-state index contributed by atoms with van der Waals surface area (Å²) in [5.41, 5.74) is 6.88. The fraction of sp³-hybridized carbons (Fsp3) is 0.467. The molecule has 6 nitrogen and oxygen atoms in total. The number of carbonyl (C=O) groups is 2. The predicted octanol–water partition coefficient (Wildman–Crippen LogP) is 1.05. The molecule has 0 spiro atoms. The van der Waals surface area contributed by atoms with Gasteiger partial charge in [-0.25, -0.2) is 0 Å². The maximum Gasteiger partial charge on any atom is 0.241 e. The van der Waals surface area contributed by atoms with E-state index in [0.29, 0.717) is 11.4 Å². The van der Waals surface area contributed by atoms with Gasteiger partial charge in [0.05, 0.1) is 24.0 Å². The van der Waals surface area contributed by atoms with Crippen LogP contribution in [0.4, 0.5) is 11.4 Å². The van der Waals surface area contributed by atoms with Gasteiger partial charge in [-0.2, -0.15) is 0 Å². The van der Waals surface area contributed by atoms with Gasteiger partial charge in [0.15, 0.2) is 0 Å². The van der Waals surface area contributed by atoms with E-state index in [0.717, 1.165) is 0 Å². The van der Waals surface area contributed by atoms with Crippen LogP contribution >= 0.6 is 0 Å². The first kappa shape index (κ1) is 17.0. The Morgan fingerprint density at radius 3 is 2.43 bits per heavy atom. The molecule has 0 aliphatic rings. The van der Waals surface area contributed by atoms with Crippen molar-refractivity contribution in [2.45, 2.75) is 32.9 Å². The number of hydrogen-bond acceptors (Lipinski definition) is 4. The van der Waals surface area contributed by atoms with Crippen molar-refractivity contribution < 1.29 is 9.59 Å². The highest BCUT2D eigenvalue weighted by molar-refractivity contribution is 5.97. The summed E-state index contributed by atoms with van der Waals surface area (Å²) in [6.07, 6.45) is 0. The van der Waals surface area contributed by atoms with Gasteiger partial charge in [0, 0.05) is 6.04 Å². The zero-order chi connectivity index (χ0) is 16.0. The minimum absolute atomic E-state index is 0.0825. The van der Waals surface area contributed by atoms with Crippen LogP contribution in [0.25, 0.3) is 0 Å². The predicted molar refractivity (Wildman–Crippen MR) is 84.9 cm³/mol. The number of nitrogens with zero attached hydrogens (tertiary/aromatic N) is 1. The fourth-order valence-electron chi connectivity index (χ4n) is 1.78. The van der Waals surface area contributed by atoms with Crippen molar-refractivity contribution in [2.24, 2.45) is 0 Å². The molecule has 1 rings (SSSR count). The molecular weight excluding hydrogens is 268 g/mol. The van der Waals surface area contributed by atoms with Gasteiger partial charge in [-0.1, -0.05) is 12.1 Å². The lowest BCUT2D eigenvalue weighted by Crippen LogP contribution is -2.46. The summed E-state index contributed by atoms with van der Waals surface area (Å²) in [5, 5.41) is 5.56. The number of benzene rings is 1. The Bertz CT molecular complexity index is 502. The maximum atomic E-state index is 12.2. The average Bonchev–Trinajstić information content (AvgIpc) is 2.39. The van der Waals surface area contributed by atoms with Crippen molar-refractivity contribution in [3.8, 4) is 0 Å². The lowest BCUT2D eigenvalue weighted by Gasteiger charge is -2.24. The van der Waals surface area contributed by atoms with E-state index in [4.69, 9.17) is 5.73 Å². The van der Waals surface area contributed by atoms with Crippen LogP contribution in [-0.4, -0.2) is 42.4 Å². The first-order valence-electron chi connectivity index (χ1n) is 6.96. The first-order chi connectivity index (χ1) is 9.81. The number of amides is 2. The number of rotatable bonds is 6. The van der Waals surface area contributed by atoms with Crippen LogP contribution in [0.1, 0.15) is 20.8 Å². The molecule has 0 fully saturated rings. The molecule has 0 bridgehead atoms. The summed E-state index contributed by atoms with van der Waals surface area (Å²) in [4.78, 5) is 25.6. The summed E-state index contributed by atoms with van der Waals surface area (Å²) < 4.78 is 0. The monoisotopic (exact) mass is 292 g/mol. The minimum atomic E-state index is -0.442. The second kappa shape index (κ2) is 7.64. The van der Waals surface area contributed by atoms with E-state index < -0.39 is 6.04 Å². The summed E-state index contributed by atoms with van der Waals surface area (Å²) in [5.74, 6) is -0.306. The summed E-state index contributed by atoms with van der Waals surface area (Å²) in [6.45, 7) is 5.70. The molecule has 1 unspecified atom stereocenters. The van der Waals surface area contributed by atoms with E-state index in [1.165, 1.54) is 0 Å². The van der Waals surface area contributed by atoms with E-state index in [1.54, 1.807) is 43.1 Å². The second-order valence-electron chi connectivity index (χ2n) is 5.39. The normalized spacial score (nSPS) is 12.3. The molecule has 0 aliphatic carbocycles. The molecule has 0 radical (unpaired) electrons. The largest absolute Gasteiger partial charge is 0.397 e. The molecular formula is C15H24N4O2. The fourth-order valence-corrected chi connectivity index (χ4v) is 1.78. The lowest BCUT2D eigenvalue weighted by atomic mass is 10.2. The van der Waals surface area contributed by atoms with Crippen LogP contribution in [-0.2, 0) is 9.59 Å². The lowest BCUT2D eigenvalue weighted by molar-refractivity contribution is -0.125. The molecule has 0 aliphatic heterocycles. The maximum absolute atomic E-state index is 12.2. The van der Waals surface area contributed by atoms with Gasteiger partial charge in [-0.3, -0.25) is 14.5 Å². The van der Waals surface area contributed by atoms with Gasteiger partial charge >= 0.3 is 0 Å². The van der Waals surface area contributed by atoms with Gasteiger partial charge in [-0.15, -0.1) is 0 Å². The minimum Gasteiger partial charge on any atom is -0.397 e. The highest BCUT2D eigenvalue weighted by Gasteiger charge is 2.20. The van der Waals surface area contributed by atoms with Crippen LogP contribution < -0.4 is 16.4 Å². The van der Waals surface area contributed by atoms with Crippen molar-refractivity contribution >= 4 is 23.2 Å². The number of hydrogen-bond donors (Lipinski definition) is 3. The quantitative estimate of drug-likeness (QED) is 0.684. The van der Waals surface area contributed by atoms with Gasteiger partial charge in [-0.05, 0) is 40.0 Å². The molecule has 21 heavy (non-hydrogen) atoms. The molecule has 2 amide bonds. The molecule has 0 heterocycles. The number of para-hydroxylation sites is 2. The topological polar surface area (TPSA) is 87.5 Å². The Hall–Kier alpha value is -2.08. The standard InChI is InChI=1S/C15H24N4O2/c1-10(2)17-14(20)9-19(4)11(3)15(21)18-13-8-6-5-7-12(13)16/h5-8,10-11H,9,16H2,1-4H3,(H,17,20)(H,18,21). The molecule has 6 heteroatoms. The molecule has 0 aromatic heterocycles. The van der Waals surface area contributed by atoms with Crippen molar-refractivity contribution in [3.05, 3.63) is 24.3 Å². The average molecular weight is 292 g/mol. The smallest absolute Gasteiger partial charge is 0.241 e. The third kappa shape index (κ3) is 5.43. The summed E-state index contributed by atoms with van der Waals surface area (Å²) >= 11 is 0. The van der Waals surface area contributed by atoms with E-state index in [9.17, 15) is 9.59 Å². The van der Waals surface area contributed by atoms with E-state index in [2.05, 4.69) is 10.6 Å². The SMILES string of the molecule is CC(C)NC(=O)CN(C)C(C)C(=O)Nc1ccccc1N. The van der Waals surface area contributed by atoms with Gasteiger partial charge < -0.3 is 16.4 Å². The molecule has 1 aromatic rings. The number of nitrogens with one attached hydrogen (secondary N) is 2. The Labute approximate surface area is 125 Å². The molecule has 1 atom stereocenters. The first-order valence-corrected chi connectivity index (χ1v) is 6.96. The number of anilines is 2. The number of nitrogen functional groups attached to an aromatic ring is 1. The number of nitrogens with two attached hydrogens (primary N) is 1. The Kier molecular flexibility index (Phi) is 6.17. The van der Waals surface area contributed by atoms with Crippen LogP contribution in [0.3, 0.4) is 0 Å². The third-order valence-electron chi connectivity index (χ3n) is 3.10. The zero-order valence-electron chi connectivity index (χ0n) is 13.0. The van der Waals surface area contributed by atoms with Crippen molar-refractivity contribution in [1.82, 2.24) is 10.2 Å². The number of likely N-dealkylation sites (N-methyl/N-ethyl adjacent to an activating group) is 1. The Morgan fingerprint density at radius 1 is 1.24 bits per heavy atom. The van der Waals surface area contributed by atoms with E-state index >= 15 is 0 Å². The van der Waals surface area contributed by atoms with Crippen molar-refractivity contribution in [2.75, 3.05) is 24.6 Å². The van der Waals surface area contributed by atoms with Crippen LogP contribution in [0.2, 0.25) is 0 Å². The molecule has 1 aromatic carbocycles. The van der Waals surface area contributed by atoms with E-state index in [-0.39, 0.29) is 24.4 Å². The van der Waals surface area contributed by atoms with Crippen molar-refractivity contribution in [1.29, 1.82) is 0 Å². The van der Waals surface area contributed by atoms with Gasteiger partial charge in [0.25, 0.3) is 0 Å². The molecule has 4 N–H and O–H groups in total. The van der Waals surface area contributed by atoms with Crippen LogP contribution in [0.15, 0.2) is 24.3 Å². The third-order valence-corrected chi connectivity index (χ3v) is 3.10. The number of carbonyl (C=O) groups excluding carboxylic acids is 2. The van der Waals surface area contributed by atoms with Crippen LogP contribution in [0.5, 0.6) is 0 Å². The Morgan fingerprint density at radius 2 is 1.86 bits per heavy atom.